The van der Waals surface area contributed by atoms with E-state index < -0.39 is 9.29 Å². The third-order valence-electron chi connectivity index (χ3n) is 1.18. The fourth-order valence-electron chi connectivity index (χ4n) is 0.662. The lowest BCUT2D eigenvalue weighted by atomic mass is 10.2. The van der Waals surface area contributed by atoms with E-state index in [4.69, 9.17) is 19.1 Å². The molecule has 1 aromatic rings. The van der Waals surface area contributed by atoms with Crippen molar-refractivity contribution in [1.82, 2.24) is 0 Å². The molecule has 0 amide bonds. The average Bonchev–Trinajstić information content (AvgIpc) is 2.06. The molecule has 0 aromatic heterocycles. The summed E-state index contributed by atoms with van der Waals surface area (Å²) in [7, 11) is -1.42. The van der Waals surface area contributed by atoms with Crippen LogP contribution in [0.15, 0.2) is 18.2 Å². The Morgan fingerprint density at radius 2 is 1.54 bits per heavy atom. The van der Waals surface area contributed by atoms with E-state index in [9.17, 15) is 4.79 Å². The molecule has 6 heteroatoms. The van der Waals surface area contributed by atoms with Gasteiger partial charge in [0.1, 0.15) is 11.5 Å². The summed E-state index contributed by atoms with van der Waals surface area (Å²) in [4.78, 5) is 10.1. The van der Waals surface area contributed by atoms with Gasteiger partial charge in [0.15, 0.2) is 6.29 Å². The van der Waals surface area contributed by atoms with Crippen LogP contribution in [0.1, 0.15) is 10.4 Å². The Morgan fingerprint density at radius 1 is 1.15 bits per heavy atom. The Morgan fingerprint density at radius 3 is 1.77 bits per heavy atom. The van der Waals surface area contributed by atoms with E-state index in [-0.39, 0.29) is 17.1 Å². The van der Waals surface area contributed by atoms with Gasteiger partial charge in [0.25, 0.3) is 0 Å². The summed E-state index contributed by atoms with van der Waals surface area (Å²) in [6, 6.07) is 4.13. The Labute approximate surface area is 75.6 Å². The van der Waals surface area contributed by atoms with Crippen LogP contribution in [0.4, 0.5) is 0 Å². The largest absolute Gasteiger partial charge is 0.549 e. The van der Waals surface area contributed by atoms with Crippen LogP contribution in [-0.4, -0.2) is 25.8 Å². The van der Waals surface area contributed by atoms with E-state index >= 15 is 0 Å². The van der Waals surface area contributed by atoms with Gasteiger partial charge in [-0.1, -0.05) is 6.07 Å². The van der Waals surface area contributed by atoms with Crippen molar-refractivity contribution in [2.75, 3.05) is 0 Å². The molecule has 0 fully saturated rings. The Bertz CT molecular complexity index is 309. The van der Waals surface area contributed by atoms with Crippen molar-refractivity contribution < 1.29 is 23.9 Å². The molecule has 0 aliphatic heterocycles. The monoisotopic (exact) mass is 198 g/mol. The van der Waals surface area contributed by atoms with Crippen molar-refractivity contribution in [2.24, 2.45) is 0 Å². The second kappa shape index (κ2) is 5.89. The highest BCUT2D eigenvalue weighted by atomic mass is 28.2. The number of aromatic hydroxyl groups is 2. The normalized spacial score (nSPS) is 7.69. The molecule has 0 aliphatic carbocycles. The summed E-state index contributed by atoms with van der Waals surface area (Å²) in [5.74, 6) is -0.398. The maximum absolute atomic E-state index is 10.1. The number of hydrogen-bond acceptors (Lipinski definition) is 5. The standard InChI is InChI=1S/C7H6O3.O2Si/c8-4-5-6(9)2-1-3-7(5)10;1-3-2/h1-4,9-10H;. The van der Waals surface area contributed by atoms with Crippen LogP contribution in [0.3, 0.4) is 0 Å². The summed E-state index contributed by atoms with van der Waals surface area (Å²) < 4.78 is 16.8. The second-order valence-corrected chi connectivity index (χ2v) is 2.08. The van der Waals surface area contributed by atoms with Gasteiger partial charge in [0.05, 0.1) is 5.56 Å². The van der Waals surface area contributed by atoms with Crippen molar-refractivity contribution in [1.29, 1.82) is 0 Å². The van der Waals surface area contributed by atoms with Crippen LogP contribution >= 0.6 is 0 Å². The molecule has 1 aromatic carbocycles. The number of rotatable bonds is 1. The molecule has 0 heterocycles. The molecule has 0 saturated carbocycles. The van der Waals surface area contributed by atoms with Crippen LogP contribution in [0, 0.1) is 0 Å². The topological polar surface area (TPSA) is 91.7 Å². The highest BCUT2D eigenvalue weighted by Gasteiger charge is 2.02. The van der Waals surface area contributed by atoms with E-state index in [2.05, 4.69) is 0 Å². The van der Waals surface area contributed by atoms with Gasteiger partial charge in [0.2, 0.25) is 0 Å². The lowest BCUT2D eigenvalue weighted by Gasteiger charge is -1.97. The zero-order valence-electron chi connectivity index (χ0n) is 6.43. The molecule has 0 radical (unpaired) electrons. The number of aldehydes is 1. The Kier molecular flexibility index (Phi) is 5.13. The van der Waals surface area contributed by atoms with Gasteiger partial charge >= 0.3 is 9.29 Å². The molecule has 68 valence electrons. The molecule has 0 saturated heterocycles. The fraction of sp³-hybridized carbons (Fsp3) is 0. The molecule has 0 bridgehead atoms. The molecule has 13 heavy (non-hydrogen) atoms. The van der Waals surface area contributed by atoms with Crippen molar-refractivity contribution in [3.05, 3.63) is 23.8 Å². The van der Waals surface area contributed by atoms with E-state index in [0.717, 1.165) is 0 Å². The molecular weight excluding hydrogens is 192 g/mol. The minimum Gasteiger partial charge on any atom is -0.507 e. The molecule has 2 N–H and O–H groups in total. The Balaban J connectivity index is 0.000000424. The number of carbonyl (C=O) groups excluding carboxylic acids is 1. The molecule has 0 aliphatic rings. The van der Waals surface area contributed by atoms with E-state index in [1.807, 2.05) is 0 Å². The minimum absolute atomic E-state index is 0.0671. The third kappa shape index (κ3) is 3.47. The van der Waals surface area contributed by atoms with Crippen LogP contribution in [0.2, 0.25) is 0 Å². The first-order valence-corrected chi connectivity index (χ1v) is 3.94. The van der Waals surface area contributed by atoms with Crippen molar-refractivity contribution >= 4 is 15.6 Å². The zero-order valence-corrected chi connectivity index (χ0v) is 7.43. The Hall–Kier alpha value is -1.69. The van der Waals surface area contributed by atoms with Gasteiger partial charge in [-0.05, 0) is 12.1 Å². The SMILES string of the molecule is O=Cc1c(O)cccc1O.O=[Si]=O. The smallest absolute Gasteiger partial charge is 0.507 e. The van der Waals surface area contributed by atoms with Crippen LogP contribution in [0.25, 0.3) is 0 Å². The molecule has 0 unspecified atom stereocenters. The van der Waals surface area contributed by atoms with E-state index in [0.29, 0.717) is 6.29 Å². The molecule has 0 spiro atoms. The predicted octanol–water partition coefficient (Wildman–Crippen LogP) is 0.292. The maximum atomic E-state index is 10.1. The summed E-state index contributed by atoms with van der Waals surface area (Å²) in [5.41, 5.74) is -0.0671. The van der Waals surface area contributed by atoms with Crippen molar-refractivity contribution in [2.45, 2.75) is 0 Å². The fourth-order valence-corrected chi connectivity index (χ4v) is 0.662. The molecule has 0 atom stereocenters. The van der Waals surface area contributed by atoms with Gasteiger partial charge in [-0.3, -0.25) is 13.7 Å². The first-order chi connectivity index (χ1) is 6.17. The lowest BCUT2D eigenvalue weighted by molar-refractivity contribution is 0.111. The summed E-state index contributed by atoms with van der Waals surface area (Å²) in [5, 5.41) is 17.8. The zero-order chi connectivity index (χ0) is 10.3. The first-order valence-electron chi connectivity index (χ1n) is 3.12. The third-order valence-corrected chi connectivity index (χ3v) is 1.18. The van der Waals surface area contributed by atoms with Crippen LogP contribution in [0.5, 0.6) is 11.5 Å². The predicted molar refractivity (Wildman–Crippen MR) is 42.3 cm³/mol. The average molecular weight is 198 g/mol. The molecule has 1 rings (SSSR count). The maximum Gasteiger partial charge on any atom is 0.549 e. The van der Waals surface area contributed by atoms with Crippen molar-refractivity contribution in [3.8, 4) is 11.5 Å². The van der Waals surface area contributed by atoms with Crippen molar-refractivity contribution in [3.63, 3.8) is 0 Å². The van der Waals surface area contributed by atoms with Gasteiger partial charge in [-0.2, -0.15) is 0 Å². The second-order valence-electron chi connectivity index (χ2n) is 1.91. The number of phenols is 2. The number of hydrogen-bond donors (Lipinski definition) is 2. The van der Waals surface area contributed by atoms with Crippen LogP contribution in [-0.2, 0) is 8.92 Å². The summed E-state index contributed by atoms with van der Waals surface area (Å²) in [6.07, 6.45) is 0.407. The quantitative estimate of drug-likeness (QED) is 0.500. The highest BCUT2D eigenvalue weighted by molar-refractivity contribution is 5.94. The van der Waals surface area contributed by atoms with E-state index in [1.165, 1.54) is 18.2 Å². The molecular formula is C7H6O5Si. The van der Waals surface area contributed by atoms with Gasteiger partial charge < -0.3 is 10.2 Å². The summed E-state index contributed by atoms with van der Waals surface area (Å²) >= 11 is 0. The number of phenolic OH excluding ortho intramolecular Hbond substituents is 2. The minimum atomic E-state index is -1.42. The van der Waals surface area contributed by atoms with Gasteiger partial charge in [0, 0.05) is 0 Å². The van der Waals surface area contributed by atoms with Gasteiger partial charge in [-0.15, -0.1) is 0 Å². The van der Waals surface area contributed by atoms with E-state index in [1.54, 1.807) is 0 Å². The summed E-state index contributed by atoms with van der Waals surface area (Å²) in [6.45, 7) is 0. The van der Waals surface area contributed by atoms with Gasteiger partial charge in [-0.25, -0.2) is 0 Å². The van der Waals surface area contributed by atoms with Crippen LogP contribution < -0.4 is 0 Å². The molecule has 5 nitrogen and oxygen atoms in total. The lowest BCUT2D eigenvalue weighted by Crippen LogP contribution is -1.80. The number of carbonyl (C=O) groups is 1. The number of benzene rings is 1. The highest BCUT2D eigenvalue weighted by Crippen LogP contribution is 2.23. The first kappa shape index (κ1) is 11.3.